The van der Waals surface area contributed by atoms with Crippen LogP contribution in [0, 0.1) is 0 Å². The predicted octanol–water partition coefficient (Wildman–Crippen LogP) is 34.5. The monoisotopic (exact) mass is 2100 g/mol. The lowest BCUT2D eigenvalue weighted by Gasteiger charge is -2.17. The molecule has 0 saturated heterocycles. The van der Waals surface area contributed by atoms with E-state index in [0.717, 1.165) is 23.0 Å². The fourth-order valence-electron chi connectivity index (χ4n) is 15.2. The molecule has 8 aromatic heterocycles. The zero-order valence-corrected chi connectivity index (χ0v) is 87.3. The van der Waals surface area contributed by atoms with E-state index in [1.807, 2.05) is 86.3 Å². The van der Waals surface area contributed by atoms with E-state index in [9.17, 15) is 24.0 Å². The van der Waals surface area contributed by atoms with Gasteiger partial charge in [0.25, 0.3) is 0 Å². The number of hydrogen-bond acceptors (Lipinski definition) is 26. The molecule has 692 valence electrons. The number of hydrogen-bond donors (Lipinski definition) is 0. The highest BCUT2D eigenvalue weighted by atomic mass is 32.2. The lowest BCUT2D eigenvalue weighted by molar-refractivity contribution is -0.141. The van der Waals surface area contributed by atoms with E-state index in [4.69, 9.17) is 23.7 Å². The molecule has 21 aromatic rings. The van der Waals surface area contributed by atoms with Crippen LogP contribution < -0.4 is 0 Å². The Morgan fingerprint density at radius 2 is 0.500 bits per heavy atom. The minimum Gasteiger partial charge on any atom is -0.462 e. The maximum Gasteiger partial charge on any atom is 0.330 e. The summed E-state index contributed by atoms with van der Waals surface area (Å²) >= 11 is 28.6. The molecule has 0 radical (unpaired) electrons. The van der Waals surface area contributed by atoms with Crippen molar-refractivity contribution >= 4 is 346 Å². The van der Waals surface area contributed by atoms with E-state index >= 15 is 0 Å². The summed E-state index contributed by atoms with van der Waals surface area (Å²) in [6.07, 6.45) is 5.85. The fourth-order valence-corrected chi connectivity index (χ4v) is 33.7. The standard InChI is InChI=1S/2C30H22O2S4.C22H18O2S4.C17H14O2S2.C13H12O2S2/c1-2-28(31)32-19(17-33-26-15-7-11-22-20-9-3-5-13-24(20)35-29(22)26)18-34-27-16-8-12-23-21-10-4-6-14-25(21)36-30(23)27;1-2-28(31)32-17-19(34-27-16-8-12-23-21-10-4-6-14-25(21)36-30(23)27)18-33-26-15-7-11-22-20-9-3-5-13-24(20)35-29(22)26;1-2-20(23)24-13-17(28-19-8-4-6-16-10-12-26-22(16)19)14-27-18-7-3-5-15-9-11-25-21(15)18;1-2-16(18)19-10-11-20-15-9-5-7-13-12-6-3-4-8-14(12)21-17(13)15;1-2-12(14)15-7-9-16-11-5-3-4-10-6-8-17-13(10)11/h2*2-16,19H,1,17-18H2;2-12,17H,1,13-14H2;2-9H,1,10-11H2;2-6,8H,1,7,9H2. The number of rotatable bonds is 34. The van der Waals surface area contributed by atoms with Gasteiger partial charge in [0.1, 0.15) is 32.5 Å². The van der Waals surface area contributed by atoms with Crippen LogP contribution in [-0.4, -0.2) is 107 Å². The van der Waals surface area contributed by atoms with Gasteiger partial charge in [0.05, 0.1) is 10.5 Å². The molecule has 0 spiro atoms. The first kappa shape index (κ1) is 99.3. The Morgan fingerprint density at radius 3 is 0.826 bits per heavy atom. The van der Waals surface area contributed by atoms with Crippen molar-refractivity contribution in [2.45, 2.75) is 55.8 Å². The summed E-state index contributed by atoms with van der Waals surface area (Å²) in [5.74, 6) is 2.70. The normalized spacial score (nSPS) is 11.7. The van der Waals surface area contributed by atoms with Crippen LogP contribution in [0.25, 0.3) is 131 Å². The average molecular weight is 2110 g/mol. The molecule has 13 aromatic carbocycles. The van der Waals surface area contributed by atoms with E-state index in [1.54, 1.807) is 105 Å². The summed E-state index contributed by atoms with van der Waals surface area (Å²) in [5.41, 5.74) is 0. The van der Waals surface area contributed by atoms with Crippen molar-refractivity contribution in [3.8, 4) is 0 Å². The third kappa shape index (κ3) is 24.8. The highest BCUT2D eigenvalue weighted by Crippen LogP contribution is 2.48. The van der Waals surface area contributed by atoms with E-state index in [1.165, 1.54) is 201 Å². The van der Waals surface area contributed by atoms with Crippen LogP contribution >= 0.6 is 185 Å². The molecule has 0 fully saturated rings. The first-order valence-electron chi connectivity index (χ1n) is 43.8. The number of carbonyl (C=O) groups is 5. The van der Waals surface area contributed by atoms with Crippen molar-refractivity contribution in [2.75, 3.05) is 60.9 Å². The summed E-state index contributed by atoms with van der Waals surface area (Å²) in [4.78, 5) is 67.5. The summed E-state index contributed by atoms with van der Waals surface area (Å²) in [7, 11) is 0. The van der Waals surface area contributed by atoms with Gasteiger partial charge >= 0.3 is 29.8 Å². The zero-order valence-electron chi connectivity index (χ0n) is 74.2. The molecule has 0 amide bonds. The molecule has 10 nitrogen and oxygen atoms in total. The summed E-state index contributed by atoms with van der Waals surface area (Å²) in [5, 5.41) is 23.3. The van der Waals surface area contributed by atoms with Crippen LogP contribution in [0.3, 0.4) is 0 Å². The number of esters is 5. The molecule has 0 saturated carbocycles. The molecular formula is C112H88O10S16. The molecule has 8 heterocycles. The van der Waals surface area contributed by atoms with Crippen LogP contribution in [0.5, 0.6) is 0 Å². The Hall–Kier alpha value is -10.3. The van der Waals surface area contributed by atoms with E-state index in [2.05, 4.69) is 328 Å². The Bertz CT molecular complexity index is 7860. The molecule has 0 aliphatic carbocycles. The maximum absolute atomic E-state index is 12.1. The Kier molecular flexibility index (Phi) is 35.4. The molecule has 0 bridgehead atoms. The summed E-state index contributed by atoms with van der Waals surface area (Å²) < 4.78 is 43.6. The van der Waals surface area contributed by atoms with Crippen molar-refractivity contribution in [1.29, 1.82) is 0 Å². The molecule has 0 N–H and O–H groups in total. The highest BCUT2D eigenvalue weighted by Gasteiger charge is 2.24. The lowest BCUT2D eigenvalue weighted by atomic mass is 10.1. The van der Waals surface area contributed by atoms with Crippen molar-refractivity contribution in [3.05, 3.63) is 365 Å². The second-order valence-corrected chi connectivity index (χ2v) is 47.8. The van der Waals surface area contributed by atoms with Crippen molar-refractivity contribution < 1.29 is 47.7 Å². The number of thiophene rings is 8. The van der Waals surface area contributed by atoms with Gasteiger partial charge in [-0.2, -0.15) is 0 Å². The smallest absolute Gasteiger partial charge is 0.330 e. The van der Waals surface area contributed by atoms with Gasteiger partial charge in [-0.25, -0.2) is 24.0 Å². The summed E-state index contributed by atoms with van der Waals surface area (Å²) in [6.45, 7) is 18.9. The number of benzene rings is 13. The third-order valence-corrected chi connectivity index (χ3v) is 41.3. The summed E-state index contributed by atoms with van der Waals surface area (Å²) in [6, 6.07) is 100. The Morgan fingerprint density at radius 1 is 0.254 bits per heavy atom. The molecule has 21 rings (SSSR count). The van der Waals surface area contributed by atoms with Gasteiger partial charge in [0.2, 0.25) is 0 Å². The molecule has 0 aliphatic rings. The quantitative estimate of drug-likeness (QED) is 0.0124. The number of carbonyl (C=O) groups excluding carboxylic acids is 5. The average Bonchev–Trinajstić information content (AvgIpc) is 1.57. The van der Waals surface area contributed by atoms with Gasteiger partial charge in [-0.3, -0.25) is 0 Å². The van der Waals surface area contributed by atoms with E-state index in [-0.39, 0.29) is 46.5 Å². The van der Waals surface area contributed by atoms with Gasteiger partial charge in [-0.15, -0.1) is 185 Å². The number of fused-ring (bicyclic) bond motifs is 18. The first-order valence-corrected chi connectivity index (χ1v) is 58.2. The van der Waals surface area contributed by atoms with Gasteiger partial charge in [-0.05, 0) is 129 Å². The first-order chi connectivity index (χ1) is 67.8. The van der Waals surface area contributed by atoms with Gasteiger partial charge in [-0.1, -0.05) is 221 Å². The molecule has 26 heteroatoms. The van der Waals surface area contributed by atoms with Crippen LogP contribution in [0.15, 0.2) is 404 Å². The van der Waals surface area contributed by atoms with Gasteiger partial charge in [0, 0.05) is 219 Å². The SMILES string of the molecule is C=CC(=O)OC(CSc1cccc2c1sc1ccccc12)CSc1cccc2c1sc1ccccc12.C=CC(=O)OCC(CSc1cccc2c1sc1ccccc12)Sc1cccc2c1sc1ccccc12.C=CC(=O)OCC(CSc1cccc2ccsc12)Sc1cccc2ccsc12.C=CC(=O)OCCSc1cccc2c1sc1ccccc12.C=CC(=O)OCCSc1cccc2ccsc12. The molecule has 0 aliphatic heterocycles. The predicted molar refractivity (Wildman–Crippen MR) is 610 cm³/mol. The van der Waals surface area contributed by atoms with E-state index < -0.39 is 0 Å². The number of ether oxygens (including phenoxy) is 5. The third-order valence-electron chi connectivity index (χ3n) is 21.6. The zero-order chi connectivity index (χ0) is 95.1. The number of thioether (sulfide) groups is 8. The van der Waals surface area contributed by atoms with Crippen LogP contribution in [0.4, 0.5) is 0 Å². The van der Waals surface area contributed by atoms with E-state index in [0.29, 0.717) is 37.9 Å². The van der Waals surface area contributed by atoms with Crippen molar-refractivity contribution in [3.63, 3.8) is 0 Å². The topological polar surface area (TPSA) is 132 Å². The Balaban J connectivity index is 0.000000122. The molecule has 2 unspecified atom stereocenters. The molecular weight excluding hydrogens is 2020 g/mol. The van der Waals surface area contributed by atoms with Crippen molar-refractivity contribution in [1.82, 2.24) is 0 Å². The molecule has 2 atom stereocenters. The van der Waals surface area contributed by atoms with Gasteiger partial charge < -0.3 is 23.7 Å². The van der Waals surface area contributed by atoms with Crippen LogP contribution in [-0.2, 0) is 47.7 Å². The highest BCUT2D eigenvalue weighted by molar-refractivity contribution is 8.04. The Labute approximate surface area is 865 Å². The minimum atomic E-state index is -0.378. The van der Waals surface area contributed by atoms with Gasteiger partial charge in [0.15, 0.2) is 0 Å². The largest absolute Gasteiger partial charge is 0.462 e. The lowest BCUT2D eigenvalue weighted by Crippen LogP contribution is -2.22. The van der Waals surface area contributed by atoms with Crippen LogP contribution in [0.2, 0.25) is 0 Å². The maximum atomic E-state index is 12.1. The molecule has 138 heavy (non-hydrogen) atoms. The minimum absolute atomic E-state index is 0.0966. The second kappa shape index (κ2) is 49.2. The second-order valence-electron chi connectivity index (χ2n) is 30.5. The van der Waals surface area contributed by atoms with Crippen LogP contribution in [0.1, 0.15) is 0 Å². The fraction of sp³-hybridized carbons (Fsp3) is 0.116. The van der Waals surface area contributed by atoms with Crippen molar-refractivity contribution in [2.24, 2.45) is 0 Å².